The molecule has 1 heterocycles. The Kier molecular flexibility index (Phi) is 5.07. The van der Waals surface area contributed by atoms with Crippen LogP contribution in [0.4, 0.5) is 0 Å². The lowest BCUT2D eigenvalue weighted by atomic mass is 9.95. The van der Waals surface area contributed by atoms with Gasteiger partial charge >= 0.3 is 0 Å². The molecule has 1 aliphatic heterocycles. The van der Waals surface area contributed by atoms with Gasteiger partial charge in [-0.15, -0.1) is 30.3 Å². The van der Waals surface area contributed by atoms with Gasteiger partial charge in [-0.1, -0.05) is 12.1 Å². The Hall–Kier alpha value is -4.49. The third-order valence-electron chi connectivity index (χ3n) is 3.74. The summed E-state index contributed by atoms with van der Waals surface area (Å²) < 4.78 is 5.65. The maximum atomic E-state index is 12.5. The van der Waals surface area contributed by atoms with Gasteiger partial charge in [-0.05, 0) is 23.8 Å². The Bertz CT molecular complexity index is 1010. The van der Waals surface area contributed by atoms with E-state index in [0.717, 1.165) is 12.1 Å². The summed E-state index contributed by atoms with van der Waals surface area (Å²) >= 11 is 0. The monoisotopic (exact) mass is 407 g/mol. The first-order valence-corrected chi connectivity index (χ1v) is 7.68. The fraction of sp³-hybridized carbons (Fsp3) is 0.133. The predicted octanol–water partition coefficient (Wildman–Crippen LogP) is 2.10. The van der Waals surface area contributed by atoms with Crippen LogP contribution < -0.4 is 19.2 Å². The molecule has 0 N–H and O–H groups in total. The molecule has 0 radical (unpaired) electrons. The van der Waals surface area contributed by atoms with E-state index >= 15 is 0 Å². The maximum Gasteiger partial charge on any atom is 0.299 e. The Balaban J connectivity index is 1.94. The van der Waals surface area contributed by atoms with Crippen molar-refractivity contribution in [3.8, 4) is 23.0 Å². The largest absolute Gasteiger partial charge is 0.484 e. The van der Waals surface area contributed by atoms with E-state index in [0.29, 0.717) is 5.56 Å². The van der Waals surface area contributed by atoms with E-state index < -0.39 is 38.6 Å². The van der Waals surface area contributed by atoms with Gasteiger partial charge in [0.2, 0.25) is 0 Å². The van der Waals surface area contributed by atoms with Gasteiger partial charge in [-0.3, -0.25) is 19.3 Å². The highest BCUT2D eigenvalue weighted by Crippen LogP contribution is 2.42. The number of hydrogen-bond donors (Lipinski definition) is 0. The molecule has 2 aromatic rings. The summed E-state index contributed by atoms with van der Waals surface area (Å²) in [5.41, 5.74) is 0.180. The summed E-state index contributed by atoms with van der Waals surface area (Å²) in [6.07, 6.45) is -1.10. The zero-order valence-electron chi connectivity index (χ0n) is 14.1. The molecule has 0 saturated carbocycles. The van der Waals surface area contributed by atoms with Crippen LogP contribution in [0.3, 0.4) is 0 Å². The number of carbonyl (C=O) groups excluding carboxylic acids is 1. The van der Waals surface area contributed by atoms with E-state index in [4.69, 9.17) is 4.74 Å². The molecular weight excluding hydrogens is 398 g/mol. The van der Waals surface area contributed by atoms with E-state index in [9.17, 15) is 35.1 Å². The van der Waals surface area contributed by atoms with Gasteiger partial charge in [-0.25, -0.2) is 0 Å². The van der Waals surface area contributed by atoms with Crippen LogP contribution in [0.25, 0.3) is 0 Å². The van der Waals surface area contributed by atoms with E-state index in [2.05, 4.69) is 14.5 Å². The molecule has 1 unspecified atom stereocenters. The maximum absolute atomic E-state index is 12.5. The number of benzene rings is 2. The fourth-order valence-electron chi connectivity index (χ4n) is 2.71. The molecular formula is C15H9N3O11. The van der Waals surface area contributed by atoms with E-state index in [1.54, 1.807) is 0 Å². The number of nitrogens with zero attached hydrogens (tertiary/aromatic N) is 3. The van der Waals surface area contributed by atoms with Gasteiger partial charge < -0.3 is 4.74 Å². The number of carbonyl (C=O) groups is 1. The lowest BCUT2D eigenvalue weighted by Crippen LogP contribution is -2.22. The van der Waals surface area contributed by atoms with Crippen LogP contribution in [0.1, 0.15) is 28.4 Å². The lowest BCUT2D eigenvalue weighted by molar-refractivity contribution is -0.713. The minimum absolute atomic E-state index is 0.0513. The minimum atomic E-state index is -1.18. The van der Waals surface area contributed by atoms with Gasteiger partial charge in [-0.2, -0.15) is 0 Å². The quantitative estimate of drug-likeness (QED) is 0.483. The van der Waals surface area contributed by atoms with Crippen LogP contribution in [0.2, 0.25) is 0 Å². The molecule has 150 valence electrons. The molecule has 14 heteroatoms. The van der Waals surface area contributed by atoms with Crippen LogP contribution in [0.15, 0.2) is 36.4 Å². The first-order valence-electron chi connectivity index (χ1n) is 7.68. The highest BCUT2D eigenvalue weighted by Gasteiger charge is 2.32. The number of Topliss-reactive ketones (excluding diaryl/α,β-unsaturated/α-hetero) is 1. The summed E-state index contributed by atoms with van der Waals surface area (Å²) in [7, 11) is 0. The molecule has 0 aromatic heterocycles. The van der Waals surface area contributed by atoms with Crippen LogP contribution in [-0.4, -0.2) is 21.0 Å². The number of ketones is 1. The molecule has 0 amide bonds. The summed E-state index contributed by atoms with van der Waals surface area (Å²) in [5.74, 6) is -1.86. The fourth-order valence-corrected chi connectivity index (χ4v) is 2.71. The van der Waals surface area contributed by atoms with Crippen molar-refractivity contribution in [2.45, 2.75) is 12.5 Å². The Morgan fingerprint density at radius 1 is 0.862 bits per heavy atom. The molecule has 14 nitrogen and oxygen atoms in total. The summed E-state index contributed by atoms with van der Waals surface area (Å²) in [6.45, 7) is 0. The number of ether oxygens (including phenoxy) is 1. The Morgan fingerprint density at radius 3 is 2.03 bits per heavy atom. The third-order valence-corrected chi connectivity index (χ3v) is 3.74. The molecule has 0 fully saturated rings. The number of rotatable bonds is 7. The van der Waals surface area contributed by atoms with Crippen molar-refractivity contribution in [1.82, 2.24) is 0 Å². The van der Waals surface area contributed by atoms with Crippen molar-refractivity contribution in [3.05, 3.63) is 77.9 Å². The average Bonchev–Trinajstić information content (AvgIpc) is 2.60. The smallest absolute Gasteiger partial charge is 0.299 e. The van der Waals surface area contributed by atoms with Crippen LogP contribution in [-0.2, 0) is 0 Å². The van der Waals surface area contributed by atoms with Gasteiger partial charge in [0.05, 0.1) is 12.0 Å². The molecule has 2 aromatic carbocycles. The standard InChI is InChI=1S/C15H9N3O11/c19-11-7-12(8-1-3-9(4-2-8)27-16(20)21)26-13-5-10(28-17(22)23)6-14(15(11)13)29-18(24)25/h1-6,12H,7H2. The normalized spacial score (nSPS) is 14.9. The van der Waals surface area contributed by atoms with Crippen molar-refractivity contribution >= 4 is 5.78 Å². The molecule has 1 atom stereocenters. The highest BCUT2D eigenvalue weighted by molar-refractivity contribution is 6.02. The van der Waals surface area contributed by atoms with Gasteiger partial charge in [0.1, 0.15) is 29.1 Å². The van der Waals surface area contributed by atoms with Crippen LogP contribution in [0.5, 0.6) is 23.0 Å². The van der Waals surface area contributed by atoms with Crippen molar-refractivity contribution in [2.75, 3.05) is 0 Å². The SMILES string of the molecule is O=C1CC(c2ccc(O[N+](=O)[O-])cc2)Oc2cc(O[N+](=O)[O-])cc(O[N+](=O)[O-])c21. The van der Waals surface area contributed by atoms with Crippen LogP contribution in [0, 0.1) is 30.3 Å². The highest BCUT2D eigenvalue weighted by atomic mass is 17.0. The molecule has 0 spiro atoms. The second-order valence-corrected chi connectivity index (χ2v) is 5.54. The molecule has 1 aliphatic rings. The second-order valence-electron chi connectivity index (χ2n) is 5.54. The summed E-state index contributed by atoms with van der Waals surface area (Å²) in [4.78, 5) is 57.1. The summed E-state index contributed by atoms with van der Waals surface area (Å²) in [6, 6.07) is 7.28. The molecule has 0 saturated heterocycles. The lowest BCUT2D eigenvalue weighted by Gasteiger charge is -2.27. The third kappa shape index (κ3) is 4.44. The second kappa shape index (κ2) is 7.63. The van der Waals surface area contributed by atoms with Crippen molar-refractivity contribution in [3.63, 3.8) is 0 Å². The zero-order chi connectivity index (χ0) is 21.1. The first-order chi connectivity index (χ1) is 13.7. The predicted molar refractivity (Wildman–Crippen MR) is 88.1 cm³/mol. The minimum Gasteiger partial charge on any atom is -0.484 e. The number of hydrogen-bond acceptors (Lipinski definition) is 11. The average molecular weight is 407 g/mol. The van der Waals surface area contributed by atoms with Crippen molar-refractivity contribution in [1.29, 1.82) is 0 Å². The van der Waals surface area contributed by atoms with Gasteiger partial charge in [0.15, 0.2) is 5.78 Å². The topological polar surface area (TPSA) is 183 Å². The van der Waals surface area contributed by atoms with E-state index in [1.165, 1.54) is 24.3 Å². The molecule has 3 rings (SSSR count). The van der Waals surface area contributed by atoms with Gasteiger partial charge in [0, 0.05) is 6.07 Å². The zero-order valence-corrected chi connectivity index (χ0v) is 14.1. The number of fused-ring (bicyclic) bond motifs is 1. The molecule has 0 bridgehead atoms. The van der Waals surface area contributed by atoms with Crippen molar-refractivity contribution in [2.24, 2.45) is 0 Å². The Morgan fingerprint density at radius 2 is 1.45 bits per heavy atom. The summed E-state index contributed by atoms with van der Waals surface area (Å²) in [5, 5.41) is 28.3. The first kappa shape index (κ1) is 19.3. The molecule has 29 heavy (non-hydrogen) atoms. The van der Waals surface area contributed by atoms with E-state index in [1.807, 2.05) is 0 Å². The van der Waals surface area contributed by atoms with Crippen LogP contribution >= 0.6 is 0 Å². The Labute approximate surface area is 159 Å². The molecule has 0 aliphatic carbocycles. The van der Waals surface area contributed by atoms with Gasteiger partial charge in [0.25, 0.3) is 15.3 Å². The van der Waals surface area contributed by atoms with Crippen molar-refractivity contribution < 1.29 is 39.3 Å². The van der Waals surface area contributed by atoms with E-state index in [-0.39, 0.29) is 23.5 Å².